The van der Waals surface area contributed by atoms with Crippen molar-refractivity contribution in [3.05, 3.63) is 47.7 Å². The van der Waals surface area contributed by atoms with Crippen LogP contribution in [0.5, 0.6) is 5.75 Å². The van der Waals surface area contributed by atoms with Crippen molar-refractivity contribution in [2.24, 2.45) is 0 Å². The Balaban J connectivity index is 2.59. The highest BCUT2D eigenvalue weighted by Gasteiger charge is 2.07. The van der Waals surface area contributed by atoms with Gasteiger partial charge in [0, 0.05) is 17.3 Å². The number of benzene rings is 1. The van der Waals surface area contributed by atoms with E-state index in [1.54, 1.807) is 12.1 Å². The van der Waals surface area contributed by atoms with Crippen LogP contribution in [0.1, 0.15) is 15.9 Å². The Labute approximate surface area is 97.8 Å². The zero-order valence-corrected chi connectivity index (χ0v) is 8.79. The lowest BCUT2D eigenvalue weighted by atomic mass is 10.1. The number of nitrogens with zero attached hydrogens (tertiary/aromatic N) is 2. The molecule has 0 radical (unpaired) electrons. The highest BCUT2D eigenvalue weighted by molar-refractivity contribution is 5.78. The molecule has 0 aliphatic carbocycles. The summed E-state index contributed by atoms with van der Waals surface area (Å²) in [5.74, 6) is 0.0274. The lowest BCUT2D eigenvalue weighted by Gasteiger charge is -2.04. The highest BCUT2D eigenvalue weighted by atomic mass is 16.3. The van der Waals surface area contributed by atoms with Gasteiger partial charge >= 0.3 is 0 Å². The quantitative estimate of drug-likeness (QED) is 0.793. The Morgan fingerprint density at radius 1 is 1.29 bits per heavy atom. The van der Waals surface area contributed by atoms with Crippen molar-refractivity contribution in [1.29, 1.82) is 5.26 Å². The van der Waals surface area contributed by atoms with Crippen LogP contribution in [0.2, 0.25) is 0 Å². The normalized spacial score (nSPS) is 9.59. The third-order valence-electron chi connectivity index (χ3n) is 2.32. The predicted octanol–water partition coefficient (Wildman–Crippen LogP) is 2.14. The minimum absolute atomic E-state index is 0.0274. The van der Waals surface area contributed by atoms with Crippen molar-refractivity contribution in [3.63, 3.8) is 0 Å². The summed E-state index contributed by atoms with van der Waals surface area (Å²) in [4.78, 5) is 14.7. The number of carbonyl (C=O) groups is 1. The Morgan fingerprint density at radius 3 is 2.82 bits per heavy atom. The fourth-order valence-corrected chi connectivity index (χ4v) is 1.48. The predicted molar refractivity (Wildman–Crippen MR) is 61.4 cm³/mol. The monoisotopic (exact) mass is 224 g/mol. The second-order valence-electron chi connectivity index (χ2n) is 3.44. The highest BCUT2D eigenvalue weighted by Crippen LogP contribution is 2.28. The van der Waals surface area contributed by atoms with Crippen LogP contribution in [0.4, 0.5) is 0 Å². The van der Waals surface area contributed by atoms with Crippen LogP contribution in [0.3, 0.4) is 0 Å². The summed E-state index contributed by atoms with van der Waals surface area (Å²) in [5.41, 5.74) is 1.80. The van der Waals surface area contributed by atoms with Crippen molar-refractivity contribution in [3.8, 4) is 23.1 Å². The SMILES string of the molecule is N#Cc1ccc(O)c(-c2cc(C=O)ccn2)c1. The Morgan fingerprint density at radius 2 is 2.12 bits per heavy atom. The van der Waals surface area contributed by atoms with Gasteiger partial charge in [-0.15, -0.1) is 0 Å². The van der Waals surface area contributed by atoms with Crippen molar-refractivity contribution in [2.75, 3.05) is 0 Å². The smallest absolute Gasteiger partial charge is 0.150 e. The number of aromatic hydroxyl groups is 1. The second-order valence-corrected chi connectivity index (χ2v) is 3.44. The van der Waals surface area contributed by atoms with Crippen LogP contribution in [-0.4, -0.2) is 16.4 Å². The summed E-state index contributed by atoms with van der Waals surface area (Å²) >= 11 is 0. The van der Waals surface area contributed by atoms with Gasteiger partial charge in [0.15, 0.2) is 0 Å². The fraction of sp³-hybridized carbons (Fsp3) is 0. The van der Waals surface area contributed by atoms with Gasteiger partial charge in [0.25, 0.3) is 0 Å². The number of hydrogen-bond acceptors (Lipinski definition) is 4. The minimum Gasteiger partial charge on any atom is -0.507 e. The van der Waals surface area contributed by atoms with Crippen molar-refractivity contribution >= 4 is 6.29 Å². The van der Waals surface area contributed by atoms with Gasteiger partial charge in [-0.05, 0) is 30.3 Å². The van der Waals surface area contributed by atoms with Crippen LogP contribution in [-0.2, 0) is 0 Å². The average Bonchev–Trinajstić information content (AvgIpc) is 2.39. The largest absolute Gasteiger partial charge is 0.507 e. The Bertz CT molecular complexity index is 615. The average molecular weight is 224 g/mol. The number of nitriles is 1. The van der Waals surface area contributed by atoms with Gasteiger partial charge in [-0.1, -0.05) is 0 Å². The standard InChI is InChI=1S/C13H8N2O2/c14-7-9-1-2-13(17)11(5-9)12-6-10(8-16)3-4-15-12/h1-6,8,17H. The third kappa shape index (κ3) is 2.13. The summed E-state index contributed by atoms with van der Waals surface area (Å²) in [5, 5.41) is 18.5. The van der Waals surface area contributed by atoms with Crippen LogP contribution in [0.25, 0.3) is 11.3 Å². The molecule has 1 heterocycles. The molecule has 0 aliphatic rings. The number of hydrogen-bond donors (Lipinski definition) is 1. The van der Waals surface area contributed by atoms with Gasteiger partial charge in [0.05, 0.1) is 17.3 Å². The van der Waals surface area contributed by atoms with E-state index in [4.69, 9.17) is 5.26 Å². The molecule has 0 saturated carbocycles. The van der Waals surface area contributed by atoms with E-state index in [1.807, 2.05) is 6.07 Å². The van der Waals surface area contributed by atoms with Crippen molar-refractivity contribution in [1.82, 2.24) is 4.98 Å². The number of aldehydes is 1. The summed E-state index contributed by atoms with van der Waals surface area (Å²) in [7, 11) is 0. The lowest BCUT2D eigenvalue weighted by molar-refractivity contribution is 0.112. The molecule has 2 rings (SSSR count). The molecule has 0 atom stereocenters. The maximum absolute atomic E-state index is 10.7. The molecule has 4 heteroatoms. The van der Waals surface area contributed by atoms with E-state index >= 15 is 0 Å². The van der Waals surface area contributed by atoms with Gasteiger partial charge < -0.3 is 5.11 Å². The first-order valence-corrected chi connectivity index (χ1v) is 4.89. The Kier molecular flexibility index (Phi) is 2.84. The topological polar surface area (TPSA) is 74.0 Å². The van der Waals surface area contributed by atoms with Gasteiger partial charge in [-0.3, -0.25) is 9.78 Å². The van der Waals surface area contributed by atoms with E-state index in [9.17, 15) is 9.90 Å². The lowest BCUT2D eigenvalue weighted by Crippen LogP contribution is -1.88. The van der Waals surface area contributed by atoms with E-state index in [0.29, 0.717) is 28.7 Å². The van der Waals surface area contributed by atoms with Crippen molar-refractivity contribution < 1.29 is 9.90 Å². The van der Waals surface area contributed by atoms with Crippen LogP contribution >= 0.6 is 0 Å². The summed E-state index contributed by atoms with van der Waals surface area (Å²) in [6.07, 6.45) is 2.19. The molecular formula is C13H8N2O2. The molecule has 0 bridgehead atoms. The first-order chi connectivity index (χ1) is 8.24. The number of aromatic nitrogens is 1. The number of pyridine rings is 1. The van der Waals surface area contributed by atoms with Gasteiger partial charge in [0.2, 0.25) is 0 Å². The summed E-state index contributed by atoms with van der Waals surface area (Å²) in [6.45, 7) is 0. The number of phenolic OH excluding ortho intramolecular Hbond substituents is 1. The molecule has 4 nitrogen and oxygen atoms in total. The maximum atomic E-state index is 10.7. The van der Waals surface area contributed by atoms with Gasteiger partial charge in [0.1, 0.15) is 12.0 Å². The maximum Gasteiger partial charge on any atom is 0.150 e. The molecule has 0 aliphatic heterocycles. The molecule has 0 spiro atoms. The number of phenols is 1. The van der Waals surface area contributed by atoms with E-state index in [-0.39, 0.29) is 5.75 Å². The molecule has 17 heavy (non-hydrogen) atoms. The molecule has 0 saturated heterocycles. The molecule has 0 amide bonds. The van der Waals surface area contributed by atoms with Gasteiger partial charge in [-0.25, -0.2) is 0 Å². The van der Waals surface area contributed by atoms with E-state index in [2.05, 4.69) is 4.98 Å². The molecule has 2 aromatic rings. The minimum atomic E-state index is 0.0274. The van der Waals surface area contributed by atoms with Crippen LogP contribution in [0.15, 0.2) is 36.5 Å². The number of rotatable bonds is 2. The molecule has 0 fully saturated rings. The summed E-state index contributed by atoms with van der Waals surface area (Å²) < 4.78 is 0. The molecule has 1 aromatic carbocycles. The molecule has 1 N–H and O–H groups in total. The molecule has 82 valence electrons. The van der Waals surface area contributed by atoms with Crippen LogP contribution in [0, 0.1) is 11.3 Å². The fourth-order valence-electron chi connectivity index (χ4n) is 1.48. The van der Waals surface area contributed by atoms with E-state index < -0.39 is 0 Å². The van der Waals surface area contributed by atoms with Crippen LogP contribution < -0.4 is 0 Å². The first-order valence-electron chi connectivity index (χ1n) is 4.89. The molecule has 0 unspecified atom stereocenters. The zero-order chi connectivity index (χ0) is 12.3. The zero-order valence-electron chi connectivity index (χ0n) is 8.79. The molecular weight excluding hydrogens is 216 g/mol. The third-order valence-corrected chi connectivity index (χ3v) is 2.32. The molecule has 1 aromatic heterocycles. The number of carbonyl (C=O) groups excluding carboxylic acids is 1. The first kappa shape index (κ1) is 10.8. The van der Waals surface area contributed by atoms with Crippen molar-refractivity contribution in [2.45, 2.75) is 0 Å². The van der Waals surface area contributed by atoms with E-state index in [1.165, 1.54) is 24.4 Å². The summed E-state index contributed by atoms with van der Waals surface area (Å²) in [6, 6.07) is 9.60. The Hall–Kier alpha value is -2.67. The van der Waals surface area contributed by atoms with Gasteiger partial charge in [-0.2, -0.15) is 5.26 Å². The second kappa shape index (κ2) is 4.45. The van der Waals surface area contributed by atoms with E-state index in [0.717, 1.165) is 0 Å².